The summed E-state index contributed by atoms with van der Waals surface area (Å²) in [5.74, 6) is -1.46. The third-order valence-electron chi connectivity index (χ3n) is 6.75. The lowest BCUT2D eigenvalue weighted by atomic mass is 9.98. The molecule has 0 spiro atoms. The van der Waals surface area contributed by atoms with Crippen LogP contribution in [0, 0.1) is 11.7 Å². The Morgan fingerprint density at radius 3 is 2.61 bits per heavy atom. The topological polar surface area (TPSA) is 101 Å². The van der Waals surface area contributed by atoms with E-state index in [1.54, 1.807) is 28.8 Å². The molecule has 192 valence electrons. The second kappa shape index (κ2) is 11.0. The van der Waals surface area contributed by atoms with Gasteiger partial charge in [-0.3, -0.25) is 4.79 Å². The molecule has 0 amide bonds. The van der Waals surface area contributed by atoms with Gasteiger partial charge in [-0.05, 0) is 55.1 Å². The molecule has 2 heterocycles. The molecule has 2 aromatic carbocycles. The van der Waals surface area contributed by atoms with E-state index in [2.05, 4.69) is 5.32 Å². The van der Waals surface area contributed by atoms with Crippen LogP contribution in [0.1, 0.15) is 54.2 Å². The number of fused-ring (bicyclic) bond motifs is 1. The molecule has 0 bridgehead atoms. The highest BCUT2D eigenvalue weighted by atomic mass is 35.5. The highest BCUT2D eigenvalue weighted by Gasteiger charge is 2.24. The first-order chi connectivity index (χ1) is 17.2. The van der Waals surface area contributed by atoms with Crippen LogP contribution < -0.4 is 15.5 Å². The Balaban J connectivity index is 1.96. The molecule has 1 saturated heterocycles. The quantitative estimate of drug-likeness (QED) is 0.410. The number of aliphatic hydroxyl groups is 1. The van der Waals surface area contributed by atoms with Crippen molar-refractivity contribution in [2.45, 2.75) is 45.3 Å². The van der Waals surface area contributed by atoms with Crippen LogP contribution in [0.4, 0.5) is 4.39 Å². The number of halogens is 2. The van der Waals surface area contributed by atoms with Crippen molar-refractivity contribution in [1.29, 1.82) is 0 Å². The number of aromatic carboxylic acids is 1. The SMILES string of the molecule is CC(C)[C@@H](CO)n1cc(C(=O)O)c(=O)c2cc(Cc3cccc(Cl)c3F)c(OC3CCNCC3)cc21. The summed E-state index contributed by atoms with van der Waals surface area (Å²) in [5, 5.41) is 23.3. The fourth-order valence-corrected chi connectivity index (χ4v) is 4.89. The maximum atomic E-state index is 14.8. The molecule has 36 heavy (non-hydrogen) atoms. The van der Waals surface area contributed by atoms with Gasteiger partial charge in [0, 0.05) is 24.1 Å². The Labute approximate surface area is 213 Å². The normalized spacial score (nSPS) is 15.4. The Morgan fingerprint density at radius 2 is 1.97 bits per heavy atom. The molecule has 1 aromatic heterocycles. The zero-order valence-corrected chi connectivity index (χ0v) is 21.0. The predicted octanol–water partition coefficient (Wildman–Crippen LogP) is 4.40. The number of aromatic nitrogens is 1. The van der Waals surface area contributed by atoms with Crippen LogP contribution in [0.25, 0.3) is 10.9 Å². The van der Waals surface area contributed by atoms with Gasteiger partial charge in [0.15, 0.2) is 0 Å². The molecule has 1 atom stereocenters. The minimum absolute atomic E-state index is 0.00708. The van der Waals surface area contributed by atoms with Crippen molar-refractivity contribution in [2.24, 2.45) is 5.92 Å². The lowest BCUT2D eigenvalue weighted by Crippen LogP contribution is -2.34. The van der Waals surface area contributed by atoms with Gasteiger partial charge in [0.05, 0.1) is 23.2 Å². The summed E-state index contributed by atoms with van der Waals surface area (Å²) < 4.78 is 22.8. The number of ether oxygens (including phenoxy) is 1. The first-order valence-corrected chi connectivity index (χ1v) is 12.4. The summed E-state index contributed by atoms with van der Waals surface area (Å²) in [4.78, 5) is 25.1. The number of nitrogens with one attached hydrogen (secondary N) is 1. The van der Waals surface area contributed by atoms with Crippen molar-refractivity contribution < 1.29 is 24.1 Å². The molecule has 3 N–H and O–H groups in total. The number of hydrogen-bond acceptors (Lipinski definition) is 5. The first kappa shape index (κ1) is 26.1. The minimum atomic E-state index is -1.35. The zero-order valence-electron chi connectivity index (χ0n) is 20.3. The molecular formula is C27H30ClFN2O5. The lowest BCUT2D eigenvalue weighted by Gasteiger charge is -2.27. The average molecular weight is 517 g/mol. The summed E-state index contributed by atoms with van der Waals surface area (Å²) in [6.07, 6.45) is 2.91. The highest BCUT2D eigenvalue weighted by Crippen LogP contribution is 2.33. The van der Waals surface area contributed by atoms with E-state index in [1.807, 2.05) is 13.8 Å². The summed E-state index contributed by atoms with van der Waals surface area (Å²) in [6, 6.07) is 7.57. The second-order valence-corrected chi connectivity index (χ2v) is 9.92. The maximum absolute atomic E-state index is 14.8. The number of piperidine rings is 1. The number of pyridine rings is 1. The molecule has 9 heteroatoms. The second-order valence-electron chi connectivity index (χ2n) is 9.51. The van der Waals surface area contributed by atoms with Crippen LogP contribution >= 0.6 is 11.6 Å². The highest BCUT2D eigenvalue weighted by molar-refractivity contribution is 6.30. The summed E-state index contributed by atoms with van der Waals surface area (Å²) >= 11 is 6.00. The average Bonchev–Trinajstić information content (AvgIpc) is 2.84. The largest absolute Gasteiger partial charge is 0.490 e. The van der Waals surface area contributed by atoms with Gasteiger partial charge in [0.2, 0.25) is 5.43 Å². The van der Waals surface area contributed by atoms with Crippen molar-refractivity contribution in [3.05, 3.63) is 74.3 Å². The van der Waals surface area contributed by atoms with E-state index >= 15 is 0 Å². The third kappa shape index (κ3) is 5.26. The van der Waals surface area contributed by atoms with E-state index in [-0.39, 0.29) is 35.5 Å². The van der Waals surface area contributed by atoms with E-state index < -0.39 is 28.8 Å². The Morgan fingerprint density at radius 1 is 1.25 bits per heavy atom. The van der Waals surface area contributed by atoms with E-state index in [9.17, 15) is 24.2 Å². The zero-order chi connectivity index (χ0) is 26.0. The van der Waals surface area contributed by atoms with Gasteiger partial charge in [-0.2, -0.15) is 0 Å². The van der Waals surface area contributed by atoms with Gasteiger partial charge in [0.1, 0.15) is 23.2 Å². The number of carboxylic acid groups (broad SMARTS) is 1. The Kier molecular flexibility index (Phi) is 7.97. The smallest absolute Gasteiger partial charge is 0.341 e. The maximum Gasteiger partial charge on any atom is 0.341 e. The van der Waals surface area contributed by atoms with Crippen LogP contribution in [0.15, 0.2) is 41.3 Å². The molecule has 1 aliphatic heterocycles. The molecule has 0 aliphatic carbocycles. The van der Waals surface area contributed by atoms with Crippen LogP contribution in [0.2, 0.25) is 5.02 Å². The van der Waals surface area contributed by atoms with Crippen LogP contribution in [-0.2, 0) is 6.42 Å². The summed E-state index contributed by atoms with van der Waals surface area (Å²) in [7, 11) is 0. The molecule has 4 rings (SSSR count). The van der Waals surface area contributed by atoms with E-state index in [0.29, 0.717) is 22.4 Å². The number of nitrogens with zero attached hydrogens (tertiary/aromatic N) is 1. The molecule has 1 aliphatic rings. The number of hydrogen-bond donors (Lipinski definition) is 3. The van der Waals surface area contributed by atoms with Crippen molar-refractivity contribution in [3.8, 4) is 5.75 Å². The molecular weight excluding hydrogens is 487 g/mol. The van der Waals surface area contributed by atoms with Gasteiger partial charge in [-0.1, -0.05) is 37.6 Å². The van der Waals surface area contributed by atoms with E-state index in [0.717, 1.165) is 25.9 Å². The fraction of sp³-hybridized carbons (Fsp3) is 0.407. The predicted molar refractivity (Wildman–Crippen MR) is 137 cm³/mol. The standard InChI is InChI=1S/C27H30ClFN2O5/c1-15(2)23(14-32)31-13-20(27(34)35)26(33)19-11-17(10-16-4-3-5-21(28)25(16)29)24(12-22(19)31)36-18-6-8-30-9-7-18/h3-5,11-13,15,18,23,30,32H,6-10,14H2,1-2H3,(H,34,35)/t23-/m1/s1. The van der Waals surface area contributed by atoms with Crippen molar-refractivity contribution in [3.63, 3.8) is 0 Å². The van der Waals surface area contributed by atoms with Gasteiger partial charge in [-0.25, -0.2) is 9.18 Å². The molecule has 0 saturated carbocycles. The number of carbonyl (C=O) groups is 1. The van der Waals surface area contributed by atoms with Crippen LogP contribution in [0.3, 0.4) is 0 Å². The molecule has 1 fully saturated rings. The Hall–Kier alpha value is -2.94. The van der Waals surface area contributed by atoms with Crippen molar-refractivity contribution >= 4 is 28.5 Å². The summed E-state index contributed by atoms with van der Waals surface area (Å²) in [6.45, 7) is 5.20. The van der Waals surface area contributed by atoms with Gasteiger partial charge in [0.25, 0.3) is 0 Å². The van der Waals surface area contributed by atoms with Crippen molar-refractivity contribution in [2.75, 3.05) is 19.7 Å². The number of rotatable bonds is 8. The molecule has 0 radical (unpaired) electrons. The number of carboxylic acids is 1. The first-order valence-electron chi connectivity index (χ1n) is 12.1. The minimum Gasteiger partial charge on any atom is -0.490 e. The Bertz CT molecular complexity index is 1330. The molecule has 0 unspecified atom stereocenters. The van der Waals surface area contributed by atoms with E-state index in [1.165, 1.54) is 12.3 Å². The van der Waals surface area contributed by atoms with Gasteiger partial charge in [-0.15, -0.1) is 0 Å². The number of aliphatic hydroxyl groups excluding tert-OH is 1. The van der Waals surface area contributed by atoms with Gasteiger partial charge < -0.3 is 24.8 Å². The van der Waals surface area contributed by atoms with E-state index in [4.69, 9.17) is 16.3 Å². The third-order valence-corrected chi connectivity index (χ3v) is 7.04. The molecule has 3 aromatic rings. The fourth-order valence-electron chi connectivity index (χ4n) is 4.70. The van der Waals surface area contributed by atoms with Crippen molar-refractivity contribution in [1.82, 2.24) is 9.88 Å². The van der Waals surface area contributed by atoms with Gasteiger partial charge >= 0.3 is 5.97 Å². The van der Waals surface area contributed by atoms with Crippen LogP contribution in [-0.4, -0.2) is 46.5 Å². The molecule has 7 nitrogen and oxygen atoms in total. The number of benzene rings is 2. The lowest BCUT2D eigenvalue weighted by molar-refractivity contribution is 0.0694. The monoisotopic (exact) mass is 516 g/mol. The van der Waals surface area contributed by atoms with Crippen LogP contribution in [0.5, 0.6) is 5.75 Å². The summed E-state index contributed by atoms with van der Waals surface area (Å²) in [5.41, 5.74) is 0.307.